The normalized spacial score (nSPS) is 12.9. The Morgan fingerprint density at radius 2 is 0.448 bits per heavy atom. The number of rotatable bonds is 77. The van der Waals surface area contributed by atoms with Gasteiger partial charge in [-0.15, -0.1) is 0 Å². The van der Waals surface area contributed by atoms with E-state index in [9.17, 15) is 14.7 Å². The fourth-order valence-corrected chi connectivity index (χ4v) is 12.3. The maximum Gasteiger partial charge on any atom is 0.306 e. The van der Waals surface area contributed by atoms with Gasteiger partial charge in [-0.3, -0.25) is 9.59 Å². The van der Waals surface area contributed by atoms with E-state index in [1.807, 2.05) is 0 Å². The molecular formula is C91H158O5. The summed E-state index contributed by atoms with van der Waals surface area (Å²) in [5, 5.41) is 9.73. The molecule has 0 saturated heterocycles. The molecule has 5 nitrogen and oxygen atoms in total. The van der Waals surface area contributed by atoms with E-state index in [2.05, 4.69) is 148 Å². The molecule has 1 N–H and O–H groups in total. The molecule has 5 heteroatoms. The number of carbonyl (C=O) groups is 2. The lowest BCUT2D eigenvalue weighted by atomic mass is 10.0. The van der Waals surface area contributed by atoms with Crippen LogP contribution in [0.5, 0.6) is 0 Å². The summed E-state index contributed by atoms with van der Waals surface area (Å²) in [7, 11) is 0. The van der Waals surface area contributed by atoms with Gasteiger partial charge < -0.3 is 14.6 Å². The number of aliphatic hydroxyl groups excluding tert-OH is 1. The van der Waals surface area contributed by atoms with E-state index in [-0.39, 0.29) is 25.2 Å². The lowest BCUT2D eigenvalue weighted by Gasteiger charge is -2.15. The Hall–Kier alpha value is -3.96. The SMILES string of the molecule is CC/C=C\C/C=C\C/C=C\C/C=C\C/C=C\C/C=C\C/C=C\C/C=C\C/C=C\C/C=C\C/C=C\CCCCCCCCCC(=O)OC(CO)COC(=O)CCCCCCCCCCCCCCCCCCCCCCCCCCCCCCCCCCCCCCCCCCC. The first-order valence-corrected chi connectivity index (χ1v) is 41.7. The largest absolute Gasteiger partial charge is 0.462 e. The van der Waals surface area contributed by atoms with Gasteiger partial charge in [-0.2, -0.15) is 0 Å². The molecule has 0 aromatic heterocycles. The average molecular weight is 1330 g/mol. The van der Waals surface area contributed by atoms with Gasteiger partial charge in [0.2, 0.25) is 0 Å². The van der Waals surface area contributed by atoms with Crippen LogP contribution in [-0.4, -0.2) is 36.4 Å². The third-order valence-electron chi connectivity index (χ3n) is 18.5. The molecule has 0 spiro atoms. The minimum absolute atomic E-state index is 0.0733. The molecule has 0 saturated carbocycles. The summed E-state index contributed by atoms with van der Waals surface area (Å²) in [6, 6.07) is 0. The van der Waals surface area contributed by atoms with Crippen LogP contribution in [-0.2, 0) is 19.1 Å². The monoisotopic (exact) mass is 1330 g/mol. The summed E-state index contributed by atoms with van der Waals surface area (Å²) in [4.78, 5) is 24.7. The van der Waals surface area contributed by atoms with E-state index in [1.54, 1.807) is 0 Å². The minimum atomic E-state index is -0.787. The predicted octanol–water partition coefficient (Wildman–Crippen LogP) is 29.8. The van der Waals surface area contributed by atoms with E-state index in [1.165, 1.54) is 270 Å². The number of hydrogen-bond donors (Lipinski definition) is 1. The molecule has 0 aliphatic carbocycles. The van der Waals surface area contributed by atoms with Crippen molar-refractivity contribution >= 4 is 11.9 Å². The molecule has 1 atom stereocenters. The van der Waals surface area contributed by atoms with Gasteiger partial charge in [-0.05, 0) is 96.3 Å². The molecule has 0 amide bonds. The van der Waals surface area contributed by atoms with Gasteiger partial charge in [-0.25, -0.2) is 0 Å². The second kappa shape index (κ2) is 85.3. The van der Waals surface area contributed by atoms with Crippen molar-refractivity contribution in [1.82, 2.24) is 0 Å². The predicted molar refractivity (Wildman–Crippen MR) is 426 cm³/mol. The van der Waals surface area contributed by atoms with Crippen LogP contribution in [0.15, 0.2) is 134 Å². The van der Waals surface area contributed by atoms with Gasteiger partial charge in [0.15, 0.2) is 6.10 Å². The fraction of sp³-hybridized carbons (Fsp3) is 0.736. The van der Waals surface area contributed by atoms with Crippen LogP contribution >= 0.6 is 0 Å². The van der Waals surface area contributed by atoms with Gasteiger partial charge in [0, 0.05) is 12.8 Å². The molecule has 0 radical (unpaired) electrons. The van der Waals surface area contributed by atoms with Crippen LogP contribution in [0.3, 0.4) is 0 Å². The molecule has 0 fully saturated rings. The number of allylic oxidation sites excluding steroid dienone is 22. The summed E-state index contributed by atoms with van der Waals surface area (Å²) >= 11 is 0. The van der Waals surface area contributed by atoms with Crippen molar-refractivity contribution in [2.75, 3.05) is 13.2 Å². The lowest BCUT2D eigenvalue weighted by Crippen LogP contribution is -2.28. The third-order valence-corrected chi connectivity index (χ3v) is 18.5. The van der Waals surface area contributed by atoms with Crippen LogP contribution in [0.4, 0.5) is 0 Å². The first-order valence-electron chi connectivity index (χ1n) is 41.7. The maximum atomic E-state index is 12.4. The number of unbranched alkanes of at least 4 members (excludes halogenated alkanes) is 47. The summed E-state index contributed by atoms with van der Waals surface area (Å²) in [6.45, 7) is 4.06. The van der Waals surface area contributed by atoms with Crippen molar-refractivity contribution < 1.29 is 24.2 Å². The Balaban J connectivity index is 3.48. The molecule has 0 aliphatic heterocycles. The quantitative estimate of drug-likeness (QED) is 0.0373. The van der Waals surface area contributed by atoms with Crippen LogP contribution in [0.2, 0.25) is 0 Å². The Morgan fingerprint density at radius 3 is 0.677 bits per heavy atom. The van der Waals surface area contributed by atoms with Crippen molar-refractivity contribution in [3.05, 3.63) is 134 Å². The van der Waals surface area contributed by atoms with Crippen LogP contribution in [0, 0.1) is 0 Å². The number of aliphatic hydroxyl groups is 1. The maximum absolute atomic E-state index is 12.4. The fourth-order valence-electron chi connectivity index (χ4n) is 12.3. The van der Waals surface area contributed by atoms with Crippen molar-refractivity contribution in [3.8, 4) is 0 Å². The molecule has 0 bridgehead atoms. The topological polar surface area (TPSA) is 72.8 Å². The van der Waals surface area contributed by atoms with Crippen LogP contribution < -0.4 is 0 Å². The van der Waals surface area contributed by atoms with Crippen molar-refractivity contribution in [3.63, 3.8) is 0 Å². The second-order valence-electron chi connectivity index (χ2n) is 27.8. The van der Waals surface area contributed by atoms with Crippen molar-refractivity contribution in [2.24, 2.45) is 0 Å². The number of esters is 2. The van der Waals surface area contributed by atoms with E-state index >= 15 is 0 Å². The van der Waals surface area contributed by atoms with E-state index in [0.717, 1.165) is 116 Å². The minimum Gasteiger partial charge on any atom is -0.462 e. The van der Waals surface area contributed by atoms with Gasteiger partial charge in [0.1, 0.15) is 6.61 Å². The van der Waals surface area contributed by atoms with E-state index < -0.39 is 6.10 Å². The van der Waals surface area contributed by atoms with Crippen molar-refractivity contribution in [2.45, 2.75) is 418 Å². The molecule has 0 aromatic carbocycles. The highest BCUT2D eigenvalue weighted by molar-refractivity contribution is 5.70. The summed E-state index contributed by atoms with van der Waals surface area (Å²) in [6.07, 6.45) is 127. The highest BCUT2D eigenvalue weighted by Crippen LogP contribution is 2.19. The summed E-state index contributed by atoms with van der Waals surface area (Å²) in [5.74, 6) is -0.594. The zero-order chi connectivity index (χ0) is 69.0. The zero-order valence-electron chi connectivity index (χ0n) is 63.6. The zero-order valence-corrected chi connectivity index (χ0v) is 63.6. The molecule has 0 aliphatic rings. The highest BCUT2D eigenvalue weighted by Gasteiger charge is 2.16. The Kier molecular flexibility index (Phi) is 81.7. The van der Waals surface area contributed by atoms with Gasteiger partial charge in [0.25, 0.3) is 0 Å². The van der Waals surface area contributed by atoms with Crippen molar-refractivity contribution in [1.29, 1.82) is 0 Å². The molecule has 552 valence electrons. The van der Waals surface area contributed by atoms with E-state index in [4.69, 9.17) is 9.47 Å². The van der Waals surface area contributed by atoms with Crippen LogP contribution in [0.25, 0.3) is 0 Å². The molecule has 0 rings (SSSR count). The average Bonchev–Trinajstić information content (AvgIpc) is 3.79. The molecule has 0 heterocycles. The third kappa shape index (κ3) is 82.5. The standard InChI is InChI=1S/C91H158O5/c1-3-5-7-9-11-13-15-17-19-21-23-25-27-29-31-33-35-37-39-41-43-45-47-49-51-53-55-57-59-61-63-65-67-69-71-73-75-77-79-81-83-85-90(93)95-88-89(87-92)96-91(94)86-84-82-80-78-76-74-72-70-68-66-64-62-60-58-56-54-52-50-48-46-44-42-40-38-36-34-32-30-28-26-24-22-20-18-16-14-12-10-8-6-4-2/h6,8,12,14,18,20,24,26,30,32,36,38,42,44,48,50,54,56,60,62,66,68,89,92H,3-5,7,9-11,13,15-17,19,21-23,25,27-29,31,33-35,37,39-41,43,45-47,49,51-53,55,57-59,61,63-65,67,69-88H2,1-2H3/b8-6-,14-12-,20-18-,26-24-,32-30-,38-36-,44-42-,50-48-,56-54-,62-60-,68-66-. The van der Waals surface area contributed by atoms with E-state index in [0.29, 0.717) is 12.8 Å². The van der Waals surface area contributed by atoms with Gasteiger partial charge in [-0.1, -0.05) is 436 Å². The lowest BCUT2D eigenvalue weighted by molar-refractivity contribution is -0.161. The molecule has 96 heavy (non-hydrogen) atoms. The summed E-state index contributed by atoms with van der Waals surface area (Å²) < 4.78 is 10.8. The first kappa shape index (κ1) is 92.0. The Bertz CT molecular complexity index is 1900. The number of hydrogen-bond acceptors (Lipinski definition) is 5. The number of carbonyl (C=O) groups excluding carboxylic acids is 2. The first-order chi connectivity index (χ1) is 47.6. The smallest absolute Gasteiger partial charge is 0.306 e. The van der Waals surface area contributed by atoms with Gasteiger partial charge in [0.05, 0.1) is 6.61 Å². The number of ether oxygens (including phenoxy) is 2. The Morgan fingerprint density at radius 1 is 0.250 bits per heavy atom. The molecule has 1 unspecified atom stereocenters. The second-order valence-corrected chi connectivity index (χ2v) is 27.8. The summed E-state index contributed by atoms with van der Waals surface area (Å²) in [5.41, 5.74) is 0. The molecular weight excluding hydrogens is 1170 g/mol. The van der Waals surface area contributed by atoms with Crippen LogP contribution in [0.1, 0.15) is 412 Å². The molecule has 0 aromatic rings. The Labute approximate surface area is 597 Å². The van der Waals surface area contributed by atoms with Gasteiger partial charge >= 0.3 is 11.9 Å². The highest BCUT2D eigenvalue weighted by atomic mass is 16.6.